The van der Waals surface area contributed by atoms with Crippen molar-refractivity contribution >= 4 is 17.9 Å². The molecule has 0 spiro atoms. The number of hydrogen-bond acceptors (Lipinski definition) is 7. The molecular weight excluding hydrogens is 256 g/mol. The van der Waals surface area contributed by atoms with Crippen LogP contribution >= 0.6 is 0 Å². The topological polar surface area (TPSA) is 88.1 Å². The van der Waals surface area contributed by atoms with E-state index in [0.717, 1.165) is 14.2 Å². The summed E-state index contributed by atoms with van der Waals surface area (Å²) in [6, 6.07) is 0. The van der Waals surface area contributed by atoms with E-state index >= 15 is 0 Å². The predicted octanol–water partition coefficient (Wildman–Crippen LogP) is -0.491. The quantitative estimate of drug-likeness (QED) is 0.387. The normalized spacial score (nSPS) is 30.8. The van der Waals surface area contributed by atoms with E-state index in [4.69, 9.17) is 4.74 Å². The van der Waals surface area contributed by atoms with Crippen molar-refractivity contribution < 1.29 is 33.3 Å². The molecule has 0 aromatic carbocycles. The zero-order valence-electron chi connectivity index (χ0n) is 10.6. The molecule has 19 heavy (non-hydrogen) atoms. The highest BCUT2D eigenvalue weighted by Crippen LogP contribution is 2.46. The highest BCUT2D eigenvalue weighted by Gasteiger charge is 2.63. The van der Waals surface area contributed by atoms with E-state index in [0.29, 0.717) is 0 Å². The van der Waals surface area contributed by atoms with Crippen LogP contribution in [-0.4, -0.2) is 50.4 Å². The van der Waals surface area contributed by atoms with Crippen LogP contribution in [0, 0.1) is 0 Å². The first-order chi connectivity index (χ1) is 8.95. The Kier molecular flexibility index (Phi) is 2.94. The van der Waals surface area contributed by atoms with Crippen molar-refractivity contribution in [2.45, 2.75) is 11.2 Å². The van der Waals surface area contributed by atoms with Crippen molar-refractivity contribution in [1.82, 2.24) is 0 Å². The summed E-state index contributed by atoms with van der Waals surface area (Å²) in [7, 11) is 3.49. The maximum Gasteiger partial charge on any atom is 0.347 e. The molecule has 0 fully saturated rings. The SMILES string of the molecule is COC(=O)C1=CC2(C(=O)OC)C=CC1(C(=O)OC)O2. The van der Waals surface area contributed by atoms with Gasteiger partial charge < -0.3 is 18.9 Å². The number of rotatable bonds is 3. The molecule has 7 nitrogen and oxygen atoms in total. The second-order valence-electron chi connectivity index (χ2n) is 4.00. The zero-order chi connectivity index (χ0) is 14.3. The molecule has 2 rings (SSSR count). The molecule has 0 aromatic rings. The van der Waals surface area contributed by atoms with Gasteiger partial charge in [0.05, 0.1) is 26.9 Å². The lowest BCUT2D eigenvalue weighted by Crippen LogP contribution is -2.43. The van der Waals surface area contributed by atoms with Crippen LogP contribution in [0.2, 0.25) is 0 Å². The number of carbonyl (C=O) groups is 3. The Bertz CT molecular complexity index is 518. The molecule has 0 amide bonds. The van der Waals surface area contributed by atoms with Gasteiger partial charge in [-0.25, -0.2) is 14.4 Å². The van der Waals surface area contributed by atoms with Gasteiger partial charge in [-0.3, -0.25) is 0 Å². The van der Waals surface area contributed by atoms with E-state index in [1.54, 1.807) is 0 Å². The molecule has 102 valence electrons. The van der Waals surface area contributed by atoms with Crippen molar-refractivity contribution in [3.63, 3.8) is 0 Å². The molecule has 0 aliphatic carbocycles. The van der Waals surface area contributed by atoms with Crippen molar-refractivity contribution in [1.29, 1.82) is 0 Å². The molecule has 2 heterocycles. The third-order valence-electron chi connectivity index (χ3n) is 3.05. The first kappa shape index (κ1) is 13.3. The zero-order valence-corrected chi connectivity index (χ0v) is 10.6. The molecule has 0 radical (unpaired) electrons. The Morgan fingerprint density at radius 2 is 1.63 bits per heavy atom. The number of hydrogen-bond donors (Lipinski definition) is 0. The van der Waals surface area contributed by atoms with Crippen LogP contribution in [0.15, 0.2) is 23.8 Å². The van der Waals surface area contributed by atoms with E-state index in [9.17, 15) is 14.4 Å². The first-order valence-electron chi connectivity index (χ1n) is 5.35. The lowest BCUT2D eigenvalue weighted by Gasteiger charge is -2.23. The summed E-state index contributed by atoms with van der Waals surface area (Å²) in [5, 5.41) is 0. The molecule has 2 atom stereocenters. The van der Waals surface area contributed by atoms with Gasteiger partial charge in [-0.15, -0.1) is 0 Å². The van der Waals surface area contributed by atoms with Gasteiger partial charge in [0.15, 0.2) is 0 Å². The third-order valence-corrected chi connectivity index (χ3v) is 3.05. The molecule has 2 bridgehead atoms. The number of ether oxygens (including phenoxy) is 4. The number of carbonyl (C=O) groups excluding carboxylic acids is 3. The van der Waals surface area contributed by atoms with Gasteiger partial charge in [0.1, 0.15) is 0 Å². The van der Waals surface area contributed by atoms with E-state index < -0.39 is 29.1 Å². The molecule has 0 saturated heterocycles. The Morgan fingerprint density at radius 1 is 1.00 bits per heavy atom. The predicted molar refractivity (Wildman–Crippen MR) is 59.8 cm³/mol. The van der Waals surface area contributed by atoms with Crippen LogP contribution in [0.25, 0.3) is 0 Å². The summed E-state index contributed by atoms with van der Waals surface area (Å²) in [5.41, 5.74) is -3.45. The fraction of sp³-hybridized carbons (Fsp3) is 0.417. The second kappa shape index (κ2) is 4.20. The molecule has 0 N–H and O–H groups in total. The Labute approximate surface area is 108 Å². The molecular formula is C12H12O7. The van der Waals surface area contributed by atoms with Crippen LogP contribution in [0.3, 0.4) is 0 Å². The van der Waals surface area contributed by atoms with Gasteiger partial charge in [-0.2, -0.15) is 0 Å². The summed E-state index contributed by atoms with van der Waals surface area (Å²) < 4.78 is 19.3. The number of methoxy groups -OCH3 is 3. The van der Waals surface area contributed by atoms with E-state index in [1.165, 1.54) is 25.3 Å². The van der Waals surface area contributed by atoms with Crippen molar-refractivity contribution in [3.8, 4) is 0 Å². The Hall–Kier alpha value is -2.15. The Morgan fingerprint density at radius 3 is 2.16 bits per heavy atom. The molecule has 7 heteroatoms. The fourth-order valence-electron chi connectivity index (χ4n) is 2.14. The molecule has 2 aliphatic rings. The number of fused-ring (bicyclic) bond motifs is 2. The standard InChI is InChI=1S/C12H12O7/c1-16-8(13)7-6-11(9(14)17-2)4-5-12(7,19-11)10(15)18-3/h4-6H,1-3H3. The minimum atomic E-state index is -1.75. The summed E-state index contributed by atoms with van der Waals surface area (Å²) in [4.78, 5) is 35.4. The lowest BCUT2D eigenvalue weighted by atomic mass is 9.88. The van der Waals surface area contributed by atoms with E-state index in [1.807, 2.05) is 0 Å². The Balaban J connectivity index is 2.51. The summed E-state index contributed by atoms with van der Waals surface area (Å²) in [5.74, 6) is -2.34. The summed E-state index contributed by atoms with van der Waals surface area (Å²) in [6.45, 7) is 0. The van der Waals surface area contributed by atoms with E-state index in [-0.39, 0.29) is 5.57 Å². The van der Waals surface area contributed by atoms with E-state index in [2.05, 4.69) is 14.2 Å². The molecule has 0 aromatic heterocycles. The lowest BCUT2D eigenvalue weighted by molar-refractivity contribution is -0.173. The highest BCUT2D eigenvalue weighted by atomic mass is 16.6. The first-order valence-corrected chi connectivity index (χ1v) is 5.35. The van der Waals surface area contributed by atoms with Gasteiger partial charge >= 0.3 is 17.9 Å². The molecule has 2 aliphatic heterocycles. The van der Waals surface area contributed by atoms with Crippen LogP contribution in [0.4, 0.5) is 0 Å². The van der Waals surface area contributed by atoms with Gasteiger partial charge in [0.2, 0.25) is 11.2 Å². The fourth-order valence-corrected chi connectivity index (χ4v) is 2.14. The van der Waals surface area contributed by atoms with Crippen molar-refractivity contribution in [2.24, 2.45) is 0 Å². The van der Waals surface area contributed by atoms with Gasteiger partial charge in [-0.05, 0) is 18.2 Å². The van der Waals surface area contributed by atoms with Gasteiger partial charge in [0.25, 0.3) is 0 Å². The molecule has 2 unspecified atom stereocenters. The molecule has 0 saturated carbocycles. The van der Waals surface area contributed by atoms with Crippen LogP contribution in [0.5, 0.6) is 0 Å². The maximum absolute atomic E-state index is 11.9. The third kappa shape index (κ3) is 1.58. The minimum absolute atomic E-state index is 0.102. The largest absolute Gasteiger partial charge is 0.466 e. The monoisotopic (exact) mass is 268 g/mol. The van der Waals surface area contributed by atoms with Crippen LogP contribution < -0.4 is 0 Å². The van der Waals surface area contributed by atoms with Crippen LogP contribution in [0.1, 0.15) is 0 Å². The van der Waals surface area contributed by atoms with Gasteiger partial charge in [0, 0.05) is 0 Å². The van der Waals surface area contributed by atoms with Crippen molar-refractivity contribution in [2.75, 3.05) is 21.3 Å². The van der Waals surface area contributed by atoms with Gasteiger partial charge in [-0.1, -0.05) is 0 Å². The van der Waals surface area contributed by atoms with Crippen molar-refractivity contribution in [3.05, 3.63) is 23.8 Å². The average molecular weight is 268 g/mol. The highest BCUT2D eigenvalue weighted by molar-refractivity contribution is 6.06. The number of esters is 3. The average Bonchev–Trinajstić information content (AvgIpc) is 3.00. The summed E-state index contributed by atoms with van der Waals surface area (Å²) >= 11 is 0. The minimum Gasteiger partial charge on any atom is -0.466 e. The maximum atomic E-state index is 11.9. The summed E-state index contributed by atoms with van der Waals surface area (Å²) in [6.07, 6.45) is 3.85. The van der Waals surface area contributed by atoms with Crippen LogP contribution in [-0.2, 0) is 33.3 Å². The second-order valence-corrected chi connectivity index (χ2v) is 4.00. The smallest absolute Gasteiger partial charge is 0.347 e.